The first-order chi connectivity index (χ1) is 9.99. The number of benzene rings is 1. The van der Waals surface area contributed by atoms with Gasteiger partial charge in [-0.1, -0.05) is 26.0 Å². The van der Waals surface area contributed by atoms with Crippen molar-refractivity contribution < 1.29 is 14.7 Å². The number of hydrogen-bond acceptors (Lipinski definition) is 4. The molecule has 21 heavy (non-hydrogen) atoms. The Morgan fingerprint density at radius 3 is 2.14 bits per heavy atom. The van der Waals surface area contributed by atoms with Gasteiger partial charge in [-0.15, -0.1) is 0 Å². The van der Waals surface area contributed by atoms with E-state index in [-0.39, 0.29) is 11.4 Å². The average molecular weight is 285 g/mol. The van der Waals surface area contributed by atoms with Crippen LogP contribution in [0.3, 0.4) is 0 Å². The van der Waals surface area contributed by atoms with Gasteiger partial charge in [-0.3, -0.25) is 4.79 Å². The molecule has 0 radical (unpaired) electrons. The summed E-state index contributed by atoms with van der Waals surface area (Å²) >= 11 is 0. The van der Waals surface area contributed by atoms with Crippen molar-refractivity contribution in [1.29, 1.82) is 0 Å². The molecule has 0 aliphatic heterocycles. The highest BCUT2D eigenvalue weighted by molar-refractivity contribution is 6.08. The minimum Gasteiger partial charge on any atom is -0.476 e. The van der Waals surface area contributed by atoms with Gasteiger partial charge in [0.15, 0.2) is 11.4 Å². The van der Waals surface area contributed by atoms with Crippen LogP contribution >= 0.6 is 0 Å². The number of hydrogen-bond donors (Lipinski definition) is 2. The van der Waals surface area contributed by atoms with Gasteiger partial charge in [-0.25, -0.2) is 14.8 Å². The fraction of sp³-hybridized carbons (Fsp3) is 0.200. The first-order valence-corrected chi connectivity index (χ1v) is 6.44. The van der Waals surface area contributed by atoms with E-state index in [4.69, 9.17) is 5.11 Å². The topological polar surface area (TPSA) is 92.2 Å². The summed E-state index contributed by atoms with van der Waals surface area (Å²) in [7, 11) is 0. The van der Waals surface area contributed by atoms with Gasteiger partial charge in [0.2, 0.25) is 0 Å². The zero-order chi connectivity index (χ0) is 15.4. The lowest BCUT2D eigenvalue weighted by atomic mass is 10.0. The maximum Gasteiger partial charge on any atom is 0.356 e. The minimum absolute atomic E-state index is 0.210. The van der Waals surface area contributed by atoms with Gasteiger partial charge in [0, 0.05) is 18.1 Å². The highest BCUT2D eigenvalue weighted by atomic mass is 16.4. The van der Waals surface area contributed by atoms with Crippen molar-refractivity contribution in [1.82, 2.24) is 9.97 Å². The van der Waals surface area contributed by atoms with E-state index in [1.807, 2.05) is 12.1 Å². The summed E-state index contributed by atoms with van der Waals surface area (Å²) in [6.45, 7) is 4.15. The molecule has 0 saturated carbocycles. The van der Waals surface area contributed by atoms with E-state index in [2.05, 4.69) is 29.1 Å². The molecule has 0 aliphatic rings. The second-order valence-corrected chi connectivity index (χ2v) is 4.79. The second-order valence-electron chi connectivity index (χ2n) is 4.79. The van der Waals surface area contributed by atoms with Crippen LogP contribution in [0, 0.1) is 0 Å². The lowest BCUT2D eigenvalue weighted by molar-refractivity contribution is 0.0685. The Balaban J connectivity index is 2.20. The molecule has 1 aromatic carbocycles. The number of nitrogens with zero attached hydrogens (tertiary/aromatic N) is 2. The summed E-state index contributed by atoms with van der Waals surface area (Å²) in [6.07, 6.45) is 2.51. The molecule has 0 unspecified atom stereocenters. The summed E-state index contributed by atoms with van der Waals surface area (Å²) in [5.74, 6) is -1.49. The molecule has 6 heteroatoms. The van der Waals surface area contributed by atoms with Crippen molar-refractivity contribution in [3.8, 4) is 0 Å². The second kappa shape index (κ2) is 6.13. The minimum atomic E-state index is -1.29. The van der Waals surface area contributed by atoms with Gasteiger partial charge in [0.25, 0.3) is 5.91 Å². The van der Waals surface area contributed by atoms with Crippen molar-refractivity contribution in [2.45, 2.75) is 19.8 Å². The zero-order valence-corrected chi connectivity index (χ0v) is 11.7. The summed E-state index contributed by atoms with van der Waals surface area (Å²) in [5, 5.41) is 11.6. The number of carboxylic acids is 1. The van der Waals surface area contributed by atoms with E-state index < -0.39 is 11.9 Å². The number of nitrogens with one attached hydrogen (secondary N) is 1. The van der Waals surface area contributed by atoms with Crippen molar-refractivity contribution in [3.63, 3.8) is 0 Å². The normalized spacial score (nSPS) is 10.4. The Hall–Kier alpha value is -2.76. The molecular weight excluding hydrogens is 270 g/mol. The third kappa shape index (κ3) is 3.42. The van der Waals surface area contributed by atoms with E-state index in [1.165, 1.54) is 12.4 Å². The maximum atomic E-state index is 12.1. The molecule has 1 aromatic heterocycles. The molecule has 108 valence electrons. The quantitative estimate of drug-likeness (QED) is 0.900. The van der Waals surface area contributed by atoms with Crippen LogP contribution in [-0.2, 0) is 0 Å². The highest BCUT2D eigenvalue weighted by Gasteiger charge is 2.19. The molecule has 0 atom stereocenters. The maximum absolute atomic E-state index is 12.1. The number of rotatable bonds is 4. The van der Waals surface area contributed by atoms with E-state index in [1.54, 1.807) is 12.1 Å². The van der Waals surface area contributed by atoms with E-state index in [9.17, 15) is 9.59 Å². The molecular formula is C15H15N3O3. The molecule has 2 aromatic rings. The Morgan fingerprint density at radius 1 is 1.05 bits per heavy atom. The molecule has 0 saturated heterocycles. The van der Waals surface area contributed by atoms with Gasteiger partial charge in [0.1, 0.15) is 0 Å². The summed E-state index contributed by atoms with van der Waals surface area (Å²) in [6, 6.07) is 7.36. The predicted octanol–water partition coefficient (Wildman–Crippen LogP) is 2.55. The third-order valence-electron chi connectivity index (χ3n) is 2.95. The predicted molar refractivity (Wildman–Crippen MR) is 77.5 cm³/mol. The fourth-order valence-corrected chi connectivity index (χ4v) is 1.80. The van der Waals surface area contributed by atoms with Gasteiger partial charge >= 0.3 is 5.97 Å². The van der Waals surface area contributed by atoms with Crippen LogP contribution in [0.25, 0.3) is 0 Å². The highest BCUT2D eigenvalue weighted by Crippen LogP contribution is 2.17. The van der Waals surface area contributed by atoms with Crippen LogP contribution in [0.1, 0.15) is 46.3 Å². The van der Waals surface area contributed by atoms with Crippen LogP contribution in [0.4, 0.5) is 5.69 Å². The number of amides is 1. The van der Waals surface area contributed by atoms with Crippen LogP contribution in [0.15, 0.2) is 36.7 Å². The number of carbonyl (C=O) groups excluding carboxylic acids is 1. The summed E-state index contributed by atoms with van der Waals surface area (Å²) in [4.78, 5) is 30.5. The van der Waals surface area contributed by atoms with Gasteiger partial charge in [0.05, 0.1) is 0 Å². The van der Waals surface area contributed by atoms with E-state index in [0.717, 1.165) is 5.56 Å². The molecule has 2 rings (SSSR count). The number of carboxylic acid groups (broad SMARTS) is 1. The molecule has 0 fully saturated rings. The number of aromatic nitrogens is 2. The van der Waals surface area contributed by atoms with Crippen LogP contribution in [-0.4, -0.2) is 27.0 Å². The van der Waals surface area contributed by atoms with Crippen molar-refractivity contribution in [3.05, 3.63) is 53.6 Å². The smallest absolute Gasteiger partial charge is 0.356 e. The van der Waals surface area contributed by atoms with Crippen molar-refractivity contribution in [2.24, 2.45) is 0 Å². The monoisotopic (exact) mass is 285 g/mol. The SMILES string of the molecule is CC(C)c1ccc(NC(=O)c2nccnc2C(=O)O)cc1. The Morgan fingerprint density at radius 2 is 1.62 bits per heavy atom. The van der Waals surface area contributed by atoms with Crippen molar-refractivity contribution >= 4 is 17.6 Å². The standard InChI is InChI=1S/C15H15N3O3/c1-9(2)10-3-5-11(6-4-10)18-14(19)12-13(15(20)21)17-8-7-16-12/h3-9H,1-2H3,(H,18,19)(H,20,21). The molecule has 6 nitrogen and oxygen atoms in total. The van der Waals surface area contributed by atoms with Crippen LogP contribution < -0.4 is 5.32 Å². The van der Waals surface area contributed by atoms with Crippen LogP contribution in [0.2, 0.25) is 0 Å². The third-order valence-corrected chi connectivity index (χ3v) is 2.95. The number of anilines is 1. The first-order valence-electron chi connectivity index (χ1n) is 6.44. The molecule has 0 bridgehead atoms. The van der Waals surface area contributed by atoms with Crippen molar-refractivity contribution in [2.75, 3.05) is 5.32 Å². The molecule has 0 aliphatic carbocycles. The summed E-state index contributed by atoms with van der Waals surface area (Å²) < 4.78 is 0. The fourth-order valence-electron chi connectivity index (χ4n) is 1.80. The van der Waals surface area contributed by atoms with Gasteiger partial charge in [-0.05, 0) is 23.6 Å². The van der Waals surface area contributed by atoms with E-state index >= 15 is 0 Å². The molecule has 2 N–H and O–H groups in total. The largest absolute Gasteiger partial charge is 0.476 e. The Bertz CT molecular complexity index is 666. The lowest BCUT2D eigenvalue weighted by Crippen LogP contribution is -2.19. The number of aromatic carboxylic acids is 1. The molecule has 0 spiro atoms. The Labute approximate surface area is 121 Å². The first kappa shape index (κ1) is 14.6. The average Bonchev–Trinajstić information content (AvgIpc) is 2.47. The van der Waals surface area contributed by atoms with Crippen LogP contribution in [0.5, 0.6) is 0 Å². The lowest BCUT2D eigenvalue weighted by Gasteiger charge is -2.08. The van der Waals surface area contributed by atoms with E-state index in [0.29, 0.717) is 11.6 Å². The zero-order valence-electron chi connectivity index (χ0n) is 11.7. The molecule has 1 heterocycles. The molecule has 1 amide bonds. The van der Waals surface area contributed by atoms with Gasteiger partial charge in [-0.2, -0.15) is 0 Å². The van der Waals surface area contributed by atoms with Gasteiger partial charge < -0.3 is 10.4 Å². The summed E-state index contributed by atoms with van der Waals surface area (Å²) in [5.41, 5.74) is 1.15. The Kier molecular flexibility index (Phi) is 4.27. The number of carbonyl (C=O) groups is 2.